The van der Waals surface area contributed by atoms with E-state index in [4.69, 9.17) is 11.6 Å². The van der Waals surface area contributed by atoms with E-state index in [0.29, 0.717) is 5.15 Å². The molecule has 0 saturated carbocycles. The van der Waals surface area contributed by atoms with Crippen LogP contribution in [0.5, 0.6) is 0 Å². The number of aliphatic hydroxyl groups excluding tert-OH is 1. The molecule has 0 spiro atoms. The second kappa shape index (κ2) is 4.26. The Labute approximate surface area is 88.3 Å². The van der Waals surface area contributed by atoms with Gasteiger partial charge >= 0.3 is 0 Å². The van der Waals surface area contributed by atoms with Crippen molar-refractivity contribution in [1.82, 2.24) is 9.88 Å². The molecule has 1 atom stereocenters. The van der Waals surface area contributed by atoms with Crippen LogP contribution >= 0.6 is 11.6 Å². The molecule has 0 amide bonds. The van der Waals surface area contributed by atoms with Crippen molar-refractivity contribution >= 4 is 11.6 Å². The van der Waals surface area contributed by atoms with Gasteiger partial charge in [-0.1, -0.05) is 17.7 Å². The monoisotopic (exact) mass is 212 g/mol. The minimum Gasteiger partial charge on any atom is -0.392 e. The molecule has 1 aliphatic rings. The summed E-state index contributed by atoms with van der Waals surface area (Å²) in [6.07, 6.45) is 2.50. The van der Waals surface area contributed by atoms with Gasteiger partial charge in [0.15, 0.2) is 0 Å². The SMILES string of the molecule is O[C@H]1CCN(Cc2ccc(Cl)nc2)C1. The first kappa shape index (κ1) is 9.90. The van der Waals surface area contributed by atoms with Crippen molar-refractivity contribution in [1.29, 1.82) is 0 Å². The standard InChI is InChI=1S/C10H13ClN2O/c11-10-2-1-8(5-12-10)6-13-4-3-9(14)7-13/h1-2,5,9,14H,3-4,6-7H2/t9-/m0/s1. The van der Waals surface area contributed by atoms with Crippen LogP contribution in [-0.2, 0) is 6.54 Å². The number of pyridine rings is 1. The second-order valence-corrected chi connectivity index (χ2v) is 4.05. The summed E-state index contributed by atoms with van der Waals surface area (Å²) in [7, 11) is 0. The Balaban J connectivity index is 1.94. The normalized spacial score (nSPS) is 22.9. The Kier molecular flexibility index (Phi) is 3.01. The molecular formula is C10H13ClN2O. The maximum Gasteiger partial charge on any atom is 0.129 e. The average Bonchev–Trinajstić information content (AvgIpc) is 2.56. The van der Waals surface area contributed by atoms with Crippen LogP contribution in [0.15, 0.2) is 18.3 Å². The second-order valence-electron chi connectivity index (χ2n) is 3.67. The molecule has 0 aromatic carbocycles. The molecule has 3 nitrogen and oxygen atoms in total. The molecule has 14 heavy (non-hydrogen) atoms. The molecule has 76 valence electrons. The van der Waals surface area contributed by atoms with Crippen LogP contribution in [0.2, 0.25) is 5.15 Å². The molecule has 1 N–H and O–H groups in total. The summed E-state index contributed by atoms with van der Waals surface area (Å²) in [4.78, 5) is 6.23. The molecule has 2 rings (SSSR count). The van der Waals surface area contributed by atoms with Gasteiger partial charge in [-0.15, -0.1) is 0 Å². The summed E-state index contributed by atoms with van der Waals surface area (Å²) in [6, 6.07) is 3.77. The number of nitrogens with zero attached hydrogens (tertiary/aromatic N) is 2. The van der Waals surface area contributed by atoms with Crippen molar-refractivity contribution in [2.75, 3.05) is 13.1 Å². The van der Waals surface area contributed by atoms with Crippen molar-refractivity contribution < 1.29 is 5.11 Å². The largest absolute Gasteiger partial charge is 0.392 e. The minimum absolute atomic E-state index is 0.157. The highest BCUT2D eigenvalue weighted by Crippen LogP contribution is 2.13. The van der Waals surface area contributed by atoms with E-state index in [1.807, 2.05) is 6.07 Å². The quantitative estimate of drug-likeness (QED) is 0.751. The molecule has 1 aromatic rings. The lowest BCUT2D eigenvalue weighted by atomic mass is 10.3. The number of rotatable bonds is 2. The van der Waals surface area contributed by atoms with Gasteiger partial charge in [0, 0.05) is 25.8 Å². The first-order valence-electron chi connectivity index (χ1n) is 4.75. The number of halogens is 1. The molecule has 0 aliphatic carbocycles. The van der Waals surface area contributed by atoms with Crippen molar-refractivity contribution in [3.63, 3.8) is 0 Å². The van der Waals surface area contributed by atoms with Gasteiger partial charge in [-0.05, 0) is 18.1 Å². The first-order chi connectivity index (χ1) is 6.74. The third-order valence-corrected chi connectivity index (χ3v) is 2.67. The summed E-state index contributed by atoms with van der Waals surface area (Å²) in [5.74, 6) is 0. The van der Waals surface area contributed by atoms with E-state index in [-0.39, 0.29) is 6.10 Å². The third kappa shape index (κ3) is 2.44. The summed E-state index contributed by atoms with van der Waals surface area (Å²) in [6.45, 7) is 2.58. The summed E-state index contributed by atoms with van der Waals surface area (Å²) < 4.78 is 0. The highest BCUT2D eigenvalue weighted by Gasteiger charge is 2.19. The van der Waals surface area contributed by atoms with E-state index >= 15 is 0 Å². The van der Waals surface area contributed by atoms with Gasteiger partial charge in [-0.25, -0.2) is 4.98 Å². The van der Waals surface area contributed by atoms with E-state index < -0.39 is 0 Å². The number of β-amino-alcohol motifs (C(OH)–C–C–N with tert-alkyl or cyclic N) is 1. The zero-order chi connectivity index (χ0) is 9.97. The van der Waals surface area contributed by atoms with Crippen LogP contribution in [0.25, 0.3) is 0 Å². The Morgan fingerprint density at radius 1 is 1.57 bits per heavy atom. The van der Waals surface area contributed by atoms with Crippen LogP contribution in [0.3, 0.4) is 0 Å². The van der Waals surface area contributed by atoms with Gasteiger partial charge in [0.05, 0.1) is 6.10 Å². The summed E-state index contributed by atoms with van der Waals surface area (Å²) in [5.41, 5.74) is 1.14. The predicted octanol–water partition coefficient (Wildman–Crippen LogP) is 1.30. The lowest BCUT2D eigenvalue weighted by Gasteiger charge is -2.14. The number of aromatic nitrogens is 1. The van der Waals surface area contributed by atoms with Gasteiger partial charge in [0.1, 0.15) is 5.15 Å². The molecule has 0 bridgehead atoms. The van der Waals surface area contributed by atoms with Crippen LogP contribution in [0.4, 0.5) is 0 Å². The number of hydrogen-bond acceptors (Lipinski definition) is 3. The van der Waals surface area contributed by atoms with E-state index in [9.17, 15) is 5.11 Å². The summed E-state index contributed by atoms with van der Waals surface area (Å²) in [5, 5.41) is 9.87. The van der Waals surface area contributed by atoms with Crippen molar-refractivity contribution in [3.8, 4) is 0 Å². The van der Waals surface area contributed by atoms with Crippen LogP contribution in [0.1, 0.15) is 12.0 Å². The van der Waals surface area contributed by atoms with Crippen LogP contribution < -0.4 is 0 Å². The molecular weight excluding hydrogens is 200 g/mol. The maximum absolute atomic E-state index is 9.34. The van der Waals surface area contributed by atoms with Gasteiger partial charge < -0.3 is 5.11 Å². The van der Waals surface area contributed by atoms with E-state index in [1.54, 1.807) is 12.3 Å². The van der Waals surface area contributed by atoms with Crippen molar-refractivity contribution in [2.24, 2.45) is 0 Å². The molecule has 1 aromatic heterocycles. The zero-order valence-electron chi connectivity index (χ0n) is 7.86. The van der Waals surface area contributed by atoms with E-state index in [1.165, 1.54) is 0 Å². The smallest absolute Gasteiger partial charge is 0.129 e. The average molecular weight is 213 g/mol. The van der Waals surface area contributed by atoms with Crippen LogP contribution in [0, 0.1) is 0 Å². The van der Waals surface area contributed by atoms with E-state index in [2.05, 4.69) is 9.88 Å². The Bertz CT molecular complexity index is 301. The Morgan fingerprint density at radius 3 is 3.00 bits per heavy atom. The van der Waals surface area contributed by atoms with Crippen molar-refractivity contribution in [3.05, 3.63) is 29.0 Å². The zero-order valence-corrected chi connectivity index (χ0v) is 8.61. The third-order valence-electron chi connectivity index (χ3n) is 2.44. The van der Waals surface area contributed by atoms with Gasteiger partial charge in [0.25, 0.3) is 0 Å². The molecule has 1 saturated heterocycles. The fourth-order valence-corrected chi connectivity index (χ4v) is 1.83. The fourth-order valence-electron chi connectivity index (χ4n) is 1.71. The molecule has 2 heterocycles. The van der Waals surface area contributed by atoms with Gasteiger partial charge in [-0.2, -0.15) is 0 Å². The molecule has 0 unspecified atom stereocenters. The van der Waals surface area contributed by atoms with Gasteiger partial charge in [-0.3, -0.25) is 4.90 Å². The molecule has 1 aliphatic heterocycles. The van der Waals surface area contributed by atoms with Gasteiger partial charge in [0.2, 0.25) is 0 Å². The lowest BCUT2D eigenvalue weighted by molar-refractivity contribution is 0.175. The maximum atomic E-state index is 9.34. The Morgan fingerprint density at radius 2 is 2.43 bits per heavy atom. The Hall–Kier alpha value is -0.640. The van der Waals surface area contributed by atoms with Crippen molar-refractivity contribution in [2.45, 2.75) is 19.1 Å². The molecule has 1 fully saturated rings. The van der Waals surface area contributed by atoms with E-state index in [0.717, 1.165) is 31.6 Å². The lowest BCUT2D eigenvalue weighted by Crippen LogP contribution is -2.21. The molecule has 0 radical (unpaired) electrons. The highest BCUT2D eigenvalue weighted by atomic mass is 35.5. The number of likely N-dealkylation sites (tertiary alicyclic amines) is 1. The predicted molar refractivity (Wildman–Crippen MR) is 55.1 cm³/mol. The first-order valence-corrected chi connectivity index (χ1v) is 5.13. The number of hydrogen-bond donors (Lipinski definition) is 1. The molecule has 4 heteroatoms. The number of aliphatic hydroxyl groups is 1. The fraction of sp³-hybridized carbons (Fsp3) is 0.500. The highest BCUT2D eigenvalue weighted by molar-refractivity contribution is 6.29. The minimum atomic E-state index is -0.157. The topological polar surface area (TPSA) is 36.4 Å². The van der Waals surface area contributed by atoms with Crippen LogP contribution in [-0.4, -0.2) is 34.2 Å². The summed E-state index contributed by atoms with van der Waals surface area (Å²) >= 11 is 5.69.